The Balaban J connectivity index is 3.48. The fraction of sp³-hybridized carbons (Fsp3) is 0.795. The molecule has 0 rings (SSSR count). The first-order chi connectivity index (χ1) is 21.6. The number of nitrogens with one attached hydrogen (secondary N) is 1. The molecule has 1 unspecified atom stereocenters. The van der Waals surface area contributed by atoms with Gasteiger partial charge in [0, 0.05) is 19.4 Å². The minimum absolute atomic E-state index is 0.0469. The number of unbranched alkanes of at least 4 members (excludes halogenated alkanes) is 19. The van der Waals surface area contributed by atoms with Crippen LogP contribution in [0.25, 0.3) is 0 Å². The standard InChI is InChI=1S/C39H71NO4/c1-3-5-7-9-11-13-15-17-19-21-23-25-27-29-31-33-38(42)40-35-37(41)36-44-39(43)34-32-30-28-26-24-22-20-18-16-14-12-10-8-6-4-2/h11,13,17-20,37,41H,3-10,12,14-16,21-36H2,1-2H3,(H,40,42)/b13-11-,19-17-,20-18-. The maximum absolute atomic E-state index is 12.0. The summed E-state index contributed by atoms with van der Waals surface area (Å²) in [5, 5.41) is 12.8. The van der Waals surface area contributed by atoms with Gasteiger partial charge in [-0.05, 0) is 70.6 Å². The number of esters is 1. The molecule has 0 radical (unpaired) electrons. The predicted molar refractivity (Wildman–Crippen MR) is 189 cm³/mol. The van der Waals surface area contributed by atoms with Crippen molar-refractivity contribution in [3.8, 4) is 0 Å². The Morgan fingerprint density at radius 3 is 1.52 bits per heavy atom. The van der Waals surface area contributed by atoms with Crippen molar-refractivity contribution in [3.63, 3.8) is 0 Å². The second kappa shape index (κ2) is 35.6. The van der Waals surface area contributed by atoms with Crippen LogP contribution in [0.1, 0.15) is 181 Å². The Kier molecular flexibility index (Phi) is 34.1. The van der Waals surface area contributed by atoms with Crippen LogP contribution in [0.2, 0.25) is 0 Å². The molecule has 0 aromatic rings. The maximum Gasteiger partial charge on any atom is 0.305 e. The van der Waals surface area contributed by atoms with E-state index in [2.05, 4.69) is 55.6 Å². The number of amides is 1. The average Bonchev–Trinajstić information content (AvgIpc) is 3.02. The normalized spacial score (nSPS) is 12.5. The second-order valence-corrected chi connectivity index (χ2v) is 12.5. The first-order valence-electron chi connectivity index (χ1n) is 18.7. The highest BCUT2D eigenvalue weighted by Crippen LogP contribution is 2.11. The molecule has 0 aliphatic rings. The number of carbonyl (C=O) groups excluding carboxylic acids is 2. The lowest BCUT2D eigenvalue weighted by atomic mass is 10.1. The van der Waals surface area contributed by atoms with Gasteiger partial charge in [-0.25, -0.2) is 0 Å². The van der Waals surface area contributed by atoms with E-state index in [-0.39, 0.29) is 25.0 Å². The summed E-state index contributed by atoms with van der Waals surface area (Å²) in [6.45, 7) is 4.56. The summed E-state index contributed by atoms with van der Waals surface area (Å²) >= 11 is 0. The highest BCUT2D eigenvalue weighted by Gasteiger charge is 2.10. The molecule has 44 heavy (non-hydrogen) atoms. The van der Waals surface area contributed by atoms with Crippen molar-refractivity contribution in [3.05, 3.63) is 36.5 Å². The van der Waals surface area contributed by atoms with Crippen LogP contribution >= 0.6 is 0 Å². The molecule has 0 bridgehead atoms. The largest absolute Gasteiger partial charge is 0.463 e. The van der Waals surface area contributed by atoms with E-state index in [4.69, 9.17) is 4.74 Å². The summed E-state index contributed by atoms with van der Waals surface area (Å²) in [6.07, 6.45) is 42.4. The highest BCUT2D eigenvalue weighted by molar-refractivity contribution is 5.75. The van der Waals surface area contributed by atoms with E-state index >= 15 is 0 Å². The molecule has 0 aliphatic heterocycles. The monoisotopic (exact) mass is 618 g/mol. The van der Waals surface area contributed by atoms with Crippen molar-refractivity contribution in [1.29, 1.82) is 0 Å². The summed E-state index contributed by atoms with van der Waals surface area (Å²) in [4.78, 5) is 24.0. The fourth-order valence-corrected chi connectivity index (χ4v) is 5.08. The van der Waals surface area contributed by atoms with Gasteiger partial charge in [-0.15, -0.1) is 0 Å². The molecule has 0 aromatic carbocycles. The van der Waals surface area contributed by atoms with Gasteiger partial charge < -0.3 is 15.2 Å². The third-order valence-corrected chi connectivity index (χ3v) is 7.97. The molecule has 1 amide bonds. The first kappa shape index (κ1) is 42.1. The Morgan fingerprint density at radius 2 is 0.977 bits per heavy atom. The van der Waals surface area contributed by atoms with E-state index in [1.54, 1.807) is 0 Å². The second-order valence-electron chi connectivity index (χ2n) is 12.5. The molecule has 0 heterocycles. The average molecular weight is 618 g/mol. The molecule has 0 aromatic heterocycles. The van der Waals surface area contributed by atoms with Crippen LogP contribution in [0.4, 0.5) is 0 Å². The molecular formula is C39H71NO4. The summed E-state index contributed by atoms with van der Waals surface area (Å²) < 4.78 is 5.19. The number of rotatable bonds is 33. The topological polar surface area (TPSA) is 75.6 Å². The number of hydrogen-bond acceptors (Lipinski definition) is 4. The fourth-order valence-electron chi connectivity index (χ4n) is 5.08. The molecule has 0 saturated heterocycles. The molecule has 0 fully saturated rings. The van der Waals surface area contributed by atoms with Crippen LogP contribution in [0.15, 0.2) is 36.5 Å². The number of aliphatic hydroxyl groups excluding tert-OH is 1. The van der Waals surface area contributed by atoms with Gasteiger partial charge in [-0.2, -0.15) is 0 Å². The Morgan fingerprint density at radius 1 is 0.568 bits per heavy atom. The van der Waals surface area contributed by atoms with Gasteiger partial charge in [-0.1, -0.05) is 134 Å². The van der Waals surface area contributed by atoms with Crippen molar-refractivity contribution in [2.45, 2.75) is 187 Å². The van der Waals surface area contributed by atoms with Crippen LogP contribution in [0, 0.1) is 0 Å². The summed E-state index contributed by atoms with van der Waals surface area (Å²) in [6, 6.07) is 0. The van der Waals surface area contributed by atoms with E-state index in [0.717, 1.165) is 57.8 Å². The summed E-state index contributed by atoms with van der Waals surface area (Å²) in [7, 11) is 0. The molecule has 0 spiro atoms. The number of allylic oxidation sites excluding steroid dienone is 6. The molecule has 0 aliphatic carbocycles. The van der Waals surface area contributed by atoms with Crippen LogP contribution < -0.4 is 5.32 Å². The lowest BCUT2D eigenvalue weighted by molar-refractivity contribution is -0.146. The van der Waals surface area contributed by atoms with E-state index in [9.17, 15) is 14.7 Å². The van der Waals surface area contributed by atoms with E-state index < -0.39 is 6.10 Å². The van der Waals surface area contributed by atoms with E-state index in [1.807, 2.05) is 0 Å². The van der Waals surface area contributed by atoms with Gasteiger partial charge >= 0.3 is 5.97 Å². The van der Waals surface area contributed by atoms with Gasteiger partial charge in [0.25, 0.3) is 0 Å². The SMILES string of the molecule is CCCCC/C=C\C/C=C\CCCCCCCC(=O)NCC(O)COC(=O)CCCCCCC/C=C\CCCCCCCC. The van der Waals surface area contributed by atoms with Crippen LogP contribution in [-0.2, 0) is 14.3 Å². The van der Waals surface area contributed by atoms with Crippen LogP contribution in [0.5, 0.6) is 0 Å². The van der Waals surface area contributed by atoms with E-state index in [0.29, 0.717) is 12.8 Å². The lowest BCUT2D eigenvalue weighted by Crippen LogP contribution is -2.35. The van der Waals surface area contributed by atoms with Gasteiger partial charge in [0.1, 0.15) is 12.7 Å². The van der Waals surface area contributed by atoms with Crippen molar-refractivity contribution in [2.75, 3.05) is 13.2 Å². The molecule has 5 heteroatoms. The first-order valence-corrected chi connectivity index (χ1v) is 18.7. The van der Waals surface area contributed by atoms with Crippen LogP contribution in [-0.4, -0.2) is 36.2 Å². The minimum atomic E-state index is -0.860. The van der Waals surface area contributed by atoms with Gasteiger partial charge in [-0.3, -0.25) is 9.59 Å². The number of ether oxygens (including phenoxy) is 1. The molecule has 2 N–H and O–H groups in total. The number of hydrogen-bond donors (Lipinski definition) is 2. The maximum atomic E-state index is 12.0. The van der Waals surface area contributed by atoms with Gasteiger partial charge in [0.2, 0.25) is 5.91 Å². The van der Waals surface area contributed by atoms with Crippen molar-refractivity contribution < 1.29 is 19.4 Å². The third-order valence-electron chi connectivity index (χ3n) is 7.97. The van der Waals surface area contributed by atoms with Crippen molar-refractivity contribution in [2.24, 2.45) is 0 Å². The Hall–Kier alpha value is -1.88. The minimum Gasteiger partial charge on any atom is -0.463 e. The zero-order valence-corrected chi connectivity index (χ0v) is 29.0. The molecule has 0 saturated carbocycles. The van der Waals surface area contributed by atoms with Crippen LogP contribution in [0.3, 0.4) is 0 Å². The Labute approximate surface area is 272 Å². The smallest absolute Gasteiger partial charge is 0.305 e. The van der Waals surface area contributed by atoms with Gasteiger partial charge in [0.15, 0.2) is 0 Å². The van der Waals surface area contributed by atoms with Gasteiger partial charge in [0.05, 0.1) is 0 Å². The molecule has 1 atom stereocenters. The quantitative estimate of drug-likeness (QED) is 0.0436. The highest BCUT2D eigenvalue weighted by atomic mass is 16.5. The van der Waals surface area contributed by atoms with Crippen molar-refractivity contribution >= 4 is 11.9 Å². The zero-order valence-electron chi connectivity index (χ0n) is 29.0. The predicted octanol–water partition coefficient (Wildman–Crippen LogP) is 10.9. The lowest BCUT2D eigenvalue weighted by Gasteiger charge is -2.12. The molecule has 256 valence electrons. The number of aliphatic hydroxyl groups is 1. The summed E-state index contributed by atoms with van der Waals surface area (Å²) in [5.74, 6) is -0.313. The molecular weight excluding hydrogens is 546 g/mol. The third kappa shape index (κ3) is 34.6. The zero-order chi connectivity index (χ0) is 32.2. The molecule has 5 nitrogen and oxygen atoms in total. The van der Waals surface area contributed by atoms with Crippen molar-refractivity contribution in [1.82, 2.24) is 5.32 Å². The number of carbonyl (C=O) groups is 2. The summed E-state index contributed by atoms with van der Waals surface area (Å²) in [5.41, 5.74) is 0. The van der Waals surface area contributed by atoms with E-state index in [1.165, 1.54) is 96.3 Å². The Bertz CT molecular complexity index is 715.